The minimum atomic E-state index is 0.0233. The molecular formula is C19H23NO2. The fourth-order valence-electron chi connectivity index (χ4n) is 2.30. The van der Waals surface area contributed by atoms with Crippen LogP contribution in [0.4, 0.5) is 0 Å². The monoisotopic (exact) mass is 297 g/mol. The number of carbonyl (C=O) groups is 1. The zero-order valence-corrected chi connectivity index (χ0v) is 13.5. The quantitative estimate of drug-likeness (QED) is 0.830. The number of carbonyl (C=O) groups excluding carboxylic acids is 1. The van der Waals surface area contributed by atoms with Gasteiger partial charge in [-0.3, -0.25) is 4.79 Å². The van der Waals surface area contributed by atoms with Gasteiger partial charge in [-0.15, -0.1) is 0 Å². The van der Waals surface area contributed by atoms with E-state index in [1.165, 1.54) is 11.1 Å². The molecule has 0 bridgehead atoms. The Hall–Kier alpha value is -2.29. The van der Waals surface area contributed by atoms with Crippen LogP contribution in [0.15, 0.2) is 42.5 Å². The molecule has 2 aromatic rings. The van der Waals surface area contributed by atoms with Crippen LogP contribution in [0.2, 0.25) is 0 Å². The molecule has 116 valence electrons. The highest BCUT2D eigenvalue weighted by molar-refractivity contribution is 5.78. The molecule has 3 nitrogen and oxygen atoms in total. The Morgan fingerprint density at radius 2 is 1.86 bits per heavy atom. The van der Waals surface area contributed by atoms with Gasteiger partial charge in [0.1, 0.15) is 12.4 Å². The number of hydrogen-bond acceptors (Lipinski definition) is 2. The SMILES string of the molecule is Cc1cccc(CC(=O)NCCOc2cccc(C)c2C)c1. The van der Waals surface area contributed by atoms with Gasteiger partial charge in [0.05, 0.1) is 13.0 Å². The first-order valence-electron chi connectivity index (χ1n) is 7.57. The highest BCUT2D eigenvalue weighted by Crippen LogP contribution is 2.20. The van der Waals surface area contributed by atoms with Gasteiger partial charge < -0.3 is 10.1 Å². The van der Waals surface area contributed by atoms with Crippen molar-refractivity contribution >= 4 is 5.91 Å². The van der Waals surface area contributed by atoms with Crippen LogP contribution in [0.3, 0.4) is 0 Å². The molecule has 0 aliphatic heterocycles. The van der Waals surface area contributed by atoms with Gasteiger partial charge in [0.25, 0.3) is 0 Å². The zero-order valence-electron chi connectivity index (χ0n) is 13.5. The molecule has 0 spiro atoms. The molecule has 0 aliphatic rings. The first-order chi connectivity index (χ1) is 10.6. The summed E-state index contributed by atoms with van der Waals surface area (Å²) >= 11 is 0. The standard InChI is InChI=1S/C19H23NO2/c1-14-6-4-8-17(12-14)13-19(21)20-10-11-22-18-9-5-7-15(2)16(18)3/h4-9,12H,10-11,13H2,1-3H3,(H,20,21). The smallest absolute Gasteiger partial charge is 0.224 e. The second-order valence-corrected chi connectivity index (χ2v) is 5.56. The van der Waals surface area contributed by atoms with E-state index in [9.17, 15) is 4.79 Å². The number of ether oxygens (including phenoxy) is 1. The lowest BCUT2D eigenvalue weighted by atomic mass is 10.1. The minimum absolute atomic E-state index is 0.0233. The molecule has 1 N–H and O–H groups in total. The van der Waals surface area contributed by atoms with E-state index in [4.69, 9.17) is 4.74 Å². The molecule has 1 amide bonds. The summed E-state index contributed by atoms with van der Waals surface area (Å²) in [5, 5.41) is 2.89. The first-order valence-corrected chi connectivity index (χ1v) is 7.57. The van der Waals surface area contributed by atoms with Crippen LogP contribution in [0.5, 0.6) is 5.75 Å². The van der Waals surface area contributed by atoms with Crippen LogP contribution in [0.1, 0.15) is 22.3 Å². The van der Waals surface area contributed by atoms with E-state index in [-0.39, 0.29) is 5.91 Å². The Morgan fingerprint density at radius 1 is 1.09 bits per heavy atom. The van der Waals surface area contributed by atoms with E-state index in [2.05, 4.69) is 18.3 Å². The van der Waals surface area contributed by atoms with Crippen molar-refractivity contribution < 1.29 is 9.53 Å². The third kappa shape index (κ3) is 4.62. The summed E-state index contributed by atoms with van der Waals surface area (Å²) in [7, 11) is 0. The summed E-state index contributed by atoms with van der Waals surface area (Å²) in [4.78, 5) is 11.9. The fraction of sp³-hybridized carbons (Fsp3) is 0.316. The molecule has 0 atom stereocenters. The molecule has 0 unspecified atom stereocenters. The predicted octanol–water partition coefficient (Wildman–Crippen LogP) is 3.35. The van der Waals surface area contributed by atoms with Gasteiger partial charge in [-0.25, -0.2) is 0 Å². The number of rotatable bonds is 6. The maximum absolute atomic E-state index is 11.9. The lowest BCUT2D eigenvalue weighted by Crippen LogP contribution is -2.29. The number of amides is 1. The van der Waals surface area contributed by atoms with E-state index in [1.807, 2.05) is 50.2 Å². The van der Waals surface area contributed by atoms with Gasteiger partial charge in [-0.1, -0.05) is 42.0 Å². The van der Waals surface area contributed by atoms with Crippen molar-refractivity contribution in [2.24, 2.45) is 0 Å². The van der Waals surface area contributed by atoms with Crippen molar-refractivity contribution in [1.82, 2.24) is 5.32 Å². The first kappa shape index (κ1) is 16.1. The maximum atomic E-state index is 11.9. The Kier molecular flexibility index (Phi) is 5.59. The van der Waals surface area contributed by atoms with Crippen LogP contribution in [0.25, 0.3) is 0 Å². The van der Waals surface area contributed by atoms with Gasteiger partial charge >= 0.3 is 0 Å². The number of benzene rings is 2. The third-order valence-electron chi connectivity index (χ3n) is 3.68. The van der Waals surface area contributed by atoms with Crippen LogP contribution in [-0.4, -0.2) is 19.1 Å². The normalized spacial score (nSPS) is 10.3. The maximum Gasteiger partial charge on any atom is 0.224 e. The highest BCUT2D eigenvalue weighted by Gasteiger charge is 2.04. The molecule has 2 aromatic carbocycles. The van der Waals surface area contributed by atoms with Crippen molar-refractivity contribution in [2.45, 2.75) is 27.2 Å². The Bertz CT molecular complexity index is 650. The Labute approximate surface area is 132 Å². The van der Waals surface area contributed by atoms with Gasteiger partial charge in [0, 0.05) is 0 Å². The van der Waals surface area contributed by atoms with E-state index in [1.54, 1.807) is 0 Å². The number of nitrogens with one attached hydrogen (secondary N) is 1. The predicted molar refractivity (Wildman–Crippen MR) is 89.3 cm³/mol. The van der Waals surface area contributed by atoms with E-state index in [0.717, 1.165) is 16.9 Å². The summed E-state index contributed by atoms with van der Waals surface area (Å²) in [6, 6.07) is 14.0. The second kappa shape index (κ2) is 7.64. The summed E-state index contributed by atoms with van der Waals surface area (Å²) in [5.74, 6) is 0.906. The van der Waals surface area contributed by atoms with Crippen LogP contribution < -0.4 is 10.1 Å². The van der Waals surface area contributed by atoms with Gasteiger partial charge in [-0.2, -0.15) is 0 Å². The summed E-state index contributed by atoms with van der Waals surface area (Å²) in [6.07, 6.45) is 0.408. The van der Waals surface area contributed by atoms with E-state index >= 15 is 0 Å². The fourth-order valence-corrected chi connectivity index (χ4v) is 2.30. The number of aryl methyl sites for hydroxylation is 2. The summed E-state index contributed by atoms with van der Waals surface area (Å²) in [6.45, 7) is 7.12. The molecule has 0 aromatic heterocycles. The second-order valence-electron chi connectivity index (χ2n) is 5.56. The zero-order chi connectivity index (χ0) is 15.9. The van der Waals surface area contributed by atoms with Gasteiger partial charge in [-0.05, 0) is 43.5 Å². The molecule has 2 rings (SSSR count). The molecule has 22 heavy (non-hydrogen) atoms. The molecule has 0 saturated carbocycles. The minimum Gasteiger partial charge on any atom is -0.491 e. The van der Waals surface area contributed by atoms with Crippen LogP contribution >= 0.6 is 0 Å². The van der Waals surface area contributed by atoms with E-state index in [0.29, 0.717) is 19.6 Å². The number of hydrogen-bond donors (Lipinski definition) is 1. The van der Waals surface area contributed by atoms with Crippen LogP contribution in [0, 0.1) is 20.8 Å². The molecular weight excluding hydrogens is 274 g/mol. The topological polar surface area (TPSA) is 38.3 Å². The lowest BCUT2D eigenvalue weighted by Gasteiger charge is -2.11. The average molecular weight is 297 g/mol. The molecule has 0 saturated heterocycles. The van der Waals surface area contributed by atoms with Crippen molar-refractivity contribution in [3.8, 4) is 5.75 Å². The largest absolute Gasteiger partial charge is 0.491 e. The molecule has 0 heterocycles. The summed E-state index contributed by atoms with van der Waals surface area (Å²) < 4.78 is 5.72. The Balaban J connectivity index is 1.74. The van der Waals surface area contributed by atoms with Gasteiger partial charge in [0.15, 0.2) is 0 Å². The van der Waals surface area contributed by atoms with E-state index < -0.39 is 0 Å². The Morgan fingerprint density at radius 3 is 2.64 bits per heavy atom. The molecule has 0 radical (unpaired) electrons. The molecule has 3 heteroatoms. The van der Waals surface area contributed by atoms with Crippen molar-refractivity contribution in [1.29, 1.82) is 0 Å². The van der Waals surface area contributed by atoms with Crippen molar-refractivity contribution in [2.75, 3.05) is 13.2 Å². The van der Waals surface area contributed by atoms with Crippen molar-refractivity contribution in [3.63, 3.8) is 0 Å². The average Bonchev–Trinajstić information content (AvgIpc) is 2.48. The summed E-state index contributed by atoms with van der Waals surface area (Å²) in [5.41, 5.74) is 4.56. The van der Waals surface area contributed by atoms with Crippen molar-refractivity contribution in [3.05, 3.63) is 64.7 Å². The van der Waals surface area contributed by atoms with Gasteiger partial charge in [0.2, 0.25) is 5.91 Å². The van der Waals surface area contributed by atoms with Crippen LogP contribution in [-0.2, 0) is 11.2 Å². The molecule has 0 fully saturated rings. The molecule has 0 aliphatic carbocycles. The highest BCUT2D eigenvalue weighted by atomic mass is 16.5. The third-order valence-corrected chi connectivity index (χ3v) is 3.68. The lowest BCUT2D eigenvalue weighted by molar-refractivity contribution is -0.120.